The lowest BCUT2D eigenvalue weighted by atomic mass is 10.1. The van der Waals surface area contributed by atoms with Crippen LogP contribution in [0.3, 0.4) is 0 Å². The Morgan fingerprint density at radius 2 is 2.10 bits per heavy atom. The highest BCUT2D eigenvalue weighted by atomic mass is 35.5. The fourth-order valence-corrected chi connectivity index (χ4v) is 1.95. The van der Waals surface area contributed by atoms with Gasteiger partial charge in [0.1, 0.15) is 6.07 Å². The van der Waals surface area contributed by atoms with Crippen LogP contribution in [0.5, 0.6) is 0 Å². The minimum atomic E-state index is -0.962. The molecule has 0 saturated carbocycles. The van der Waals surface area contributed by atoms with Crippen molar-refractivity contribution in [2.75, 3.05) is 5.32 Å². The fourth-order valence-electron chi connectivity index (χ4n) is 1.77. The number of benzene rings is 2. The van der Waals surface area contributed by atoms with Gasteiger partial charge in [-0.3, -0.25) is 0 Å². The van der Waals surface area contributed by atoms with Gasteiger partial charge in [-0.15, -0.1) is 0 Å². The molecule has 0 spiro atoms. The van der Waals surface area contributed by atoms with Crippen LogP contribution in [0.2, 0.25) is 5.02 Å². The highest BCUT2D eigenvalue weighted by Gasteiger charge is 2.05. The maximum atomic E-state index is 10.9. The van der Waals surface area contributed by atoms with Crippen molar-refractivity contribution in [1.82, 2.24) is 0 Å². The zero-order chi connectivity index (χ0) is 14.5. The summed E-state index contributed by atoms with van der Waals surface area (Å²) < 4.78 is 0. The molecule has 0 aromatic heterocycles. The Balaban J connectivity index is 2.15. The van der Waals surface area contributed by atoms with Gasteiger partial charge in [-0.2, -0.15) is 5.26 Å². The highest BCUT2D eigenvalue weighted by molar-refractivity contribution is 6.30. The van der Waals surface area contributed by atoms with Gasteiger partial charge in [-0.1, -0.05) is 23.7 Å². The van der Waals surface area contributed by atoms with Crippen LogP contribution >= 0.6 is 11.6 Å². The van der Waals surface area contributed by atoms with Crippen molar-refractivity contribution in [1.29, 1.82) is 5.26 Å². The number of nitriles is 1. The van der Waals surface area contributed by atoms with Gasteiger partial charge in [0, 0.05) is 11.6 Å². The molecule has 0 bridgehead atoms. The summed E-state index contributed by atoms with van der Waals surface area (Å²) in [5.74, 6) is -0.962. The van der Waals surface area contributed by atoms with E-state index in [1.54, 1.807) is 30.3 Å². The van der Waals surface area contributed by atoms with Gasteiger partial charge in [0.25, 0.3) is 0 Å². The third-order valence-electron chi connectivity index (χ3n) is 2.76. The molecule has 0 saturated heterocycles. The molecule has 20 heavy (non-hydrogen) atoms. The topological polar surface area (TPSA) is 73.1 Å². The van der Waals surface area contributed by atoms with Crippen LogP contribution in [0, 0.1) is 11.3 Å². The third-order valence-corrected chi connectivity index (χ3v) is 2.99. The number of nitrogens with one attached hydrogen (secondary N) is 1. The predicted molar refractivity (Wildman–Crippen MR) is 76.9 cm³/mol. The van der Waals surface area contributed by atoms with Gasteiger partial charge < -0.3 is 10.4 Å². The maximum Gasteiger partial charge on any atom is 0.335 e. The summed E-state index contributed by atoms with van der Waals surface area (Å²) in [5, 5.41) is 21.6. The lowest BCUT2D eigenvalue weighted by Crippen LogP contribution is -2.03. The van der Waals surface area contributed by atoms with Gasteiger partial charge >= 0.3 is 5.97 Å². The number of anilines is 1. The number of carbonyl (C=O) groups is 1. The Kier molecular flexibility index (Phi) is 4.24. The maximum absolute atomic E-state index is 10.9. The van der Waals surface area contributed by atoms with Crippen molar-refractivity contribution < 1.29 is 9.90 Å². The minimum absolute atomic E-state index is 0.237. The van der Waals surface area contributed by atoms with E-state index >= 15 is 0 Å². The molecular formula is C15H11ClN2O2. The Bertz CT molecular complexity index is 693. The number of nitrogens with zero attached hydrogens (tertiary/aromatic N) is 1. The van der Waals surface area contributed by atoms with E-state index in [0.717, 1.165) is 5.56 Å². The molecule has 0 unspecified atom stereocenters. The first-order valence-electron chi connectivity index (χ1n) is 5.86. The standard InChI is InChI=1S/C15H11ClN2O2/c16-13-4-5-14(12(7-13)8-17)18-9-10-2-1-3-11(6-10)15(19)20/h1-7,18H,9H2,(H,19,20). The molecule has 2 rings (SSSR count). The Labute approximate surface area is 121 Å². The number of hydrogen-bond acceptors (Lipinski definition) is 3. The van der Waals surface area contributed by atoms with E-state index < -0.39 is 5.97 Å². The van der Waals surface area contributed by atoms with Gasteiger partial charge in [-0.05, 0) is 35.9 Å². The SMILES string of the molecule is N#Cc1cc(Cl)ccc1NCc1cccc(C(=O)O)c1. The summed E-state index contributed by atoms with van der Waals surface area (Å²) >= 11 is 5.82. The molecule has 2 aromatic carbocycles. The van der Waals surface area contributed by atoms with E-state index in [1.165, 1.54) is 6.07 Å². The van der Waals surface area contributed by atoms with Crippen LogP contribution in [0.1, 0.15) is 21.5 Å². The normalized spacial score (nSPS) is 9.80. The molecule has 4 nitrogen and oxygen atoms in total. The van der Waals surface area contributed by atoms with Crippen LogP contribution < -0.4 is 5.32 Å². The number of carboxylic acids is 1. The van der Waals surface area contributed by atoms with Gasteiger partial charge in [0.2, 0.25) is 0 Å². The molecule has 0 amide bonds. The van der Waals surface area contributed by atoms with E-state index in [1.807, 2.05) is 6.07 Å². The summed E-state index contributed by atoms with van der Waals surface area (Å²) in [7, 11) is 0. The quantitative estimate of drug-likeness (QED) is 0.902. The van der Waals surface area contributed by atoms with Gasteiger partial charge in [0.05, 0.1) is 16.8 Å². The lowest BCUT2D eigenvalue weighted by molar-refractivity contribution is 0.0697. The lowest BCUT2D eigenvalue weighted by Gasteiger charge is -2.09. The van der Waals surface area contributed by atoms with Gasteiger partial charge in [0.15, 0.2) is 0 Å². The van der Waals surface area contributed by atoms with E-state index in [2.05, 4.69) is 11.4 Å². The molecule has 0 fully saturated rings. The number of aromatic carboxylic acids is 1. The van der Waals surface area contributed by atoms with Crippen LogP contribution in [0.25, 0.3) is 0 Å². The first-order chi connectivity index (χ1) is 9.60. The summed E-state index contributed by atoms with van der Waals surface area (Å²) in [6.45, 7) is 0.428. The van der Waals surface area contributed by atoms with Gasteiger partial charge in [-0.25, -0.2) is 4.79 Å². The summed E-state index contributed by atoms with van der Waals surface area (Å²) in [4.78, 5) is 10.9. The smallest absolute Gasteiger partial charge is 0.335 e. The fraction of sp³-hybridized carbons (Fsp3) is 0.0667. The van der Waals surface area contributed by atoms with Crippen molar-refractivity contribution in [3.8, 4) is 6.07 Å². The van der Waals surface area contributed by atoms with Crippen molar-refractivity contribution in [3.05, 3.63) is 64.2 Å². The number of rotatable bonds is 4. The molecule has 0 aliphatic carbocycles. The van der Waals surface area contributed by atoms with Crippen LogP contribution in [-0.2, 0) is 6.54 Å². The molecule has 0 aliphatic rings. The van der Waals surface area contributed by atoms with Crippen molar-refractivity contribution in [3.63, 3.8) is 0 Å². The molecule has 0 aliphatic heterocycles. The van der Waals surface area contributed by atoms with E-state index in [0.29, 0.717) is 22.8 Å². The molecule has 2 aromatic rings. The van der Waals surface area contributed by atoms with E-state index in [9.17, 15) is 4.79 Å². The molecule has 0 atom stereocenters. The monoisotopic (exact) mass is 286 g/mol. The number of hydrogen-bond donors (Lipinski definition) is 2. The predicted octanol–water partition coefficient (Wildman–Crippen LogP) is 3.52. The molecular weight excluding hydrogens is 276 g/mol. The first-order valence-corrected chi connectivity index (χ1v) is 6.23. The van der Waals surface area contributed by atoms with Crippen LogP contribution in [-0.4, -0.2) is 11.1 Å². The second-order valence-corrected chi connectivity index (χ2v) is 4.60. The first kappa shape index (κ1) is 13.9. The van der Waals surface area contributed by atoms with E-state index in [-0.39, 0.29) is 5.56 Å². The third kappa shape index (κ3) is 3.28. The second kappa shape index (κ2) is 6.09. The molecule has 100 valence electrons. The zero-order valence-electron chi connectivity index (χ0n) is 10.4. The molecule has 5 heteroatoms. The van der Waals surface area contributed by atoms with Crippen LogP contribution in [0.4, 0.5) is 5.69 Å². The Morgan fingerprint density at radius 1 is 1.30 bits per heavy atom. The summed E-state index contributed by atoms with van der Waals surface area (Å²) in [5.41, 5.74) is 2.18. The zero-order valence-corrected chi connectivity index (χ0v) is 11.2. The Morgan fingerprint density at radius 3 is 2.80 bits per heavy atom. The number of halogens is 1. The van der Waals surface area contributed by atoms with Crippen LogP contribution in [0.15, 0.2) is 42.5 Å². The van der Waals surface area contributed by atoms with Crippen molar-refractivity contribution in [2.24, 2.45) is 0 Å². The molecule has 0 radical (unpaired) electrons. The summed E-state index contributed by atoms with van der Waals surface area (Å²) in [6, 6.07) is 13.7. The second-order valence-electron chi connectivity index (χ2n) is 4.16. The number of carboxylic acid groups (broad SMARTS) is 1. The minimum Gasteiger partial charge on any atom is -0.478 e. The molecule has 2 N–H and O–H groups in total. The molecule has 0 heterocycles. The highest BCUT2D eigenvalue weighted by Crippen LogP contribution is 2.20. The summed E-state index contributed by atoms with van der Waals surface area (Å²) in [6.07, 6.45) is 0. The van der Waals surface area contributed by atoms with Crippen molar-refractivity contribution in [2.45, 2.75) is 6.54 Å². The Hall–Kier alpha value is -2.51. The van der Waals surface area contributed by atoms with E-state index in [4.69, 9.17) is 22.0 Å². The van der Waals surface area contributed by atoms with Crippen molar-refractivity contribution >= 4 is 23.3 Å². The average molecular weight is 287 g/mol. The average Bonchev–Trinajstić information content (AvgIpc) is 2.46. The largest absolute Gasteiger partial charge is 0.478 e.